The van der Waals surface area contributed by atoms with Gasteiger partial charge in [0, 0.05) is 43.3 Å². The Morgan fingerprint density at radius 3 is 1.56 bits per heavy atom. The zero-order chi connectivity index (χ0) is 29.4. The number of ether oxygens (including phenoxy) is 2. The zero-order valence-electron chi connectivity index (χ0n) is 24.5. The fourth-order valence-electron chi connectivity index (χ4n) is 5.46. The van der Waals surface area contributed by atoms with E-state index in [2.05, 4.69) is 82.5 Å². The molecule has 0 saturated carbocycles. The standard InChI is InChI=1S/C24H21NO2.C11H11NO2.CH3Cl.CH4.ClH/c1-3-8-18(9-4-1)23(19-10-5-2-6-11-19)25-16-21(17-25)27-22-13-7-12-20-14-15-26-24(20)22;1-2-8-4-5-13-11(8)10(3-1)14-9-6-12-7-9;1-2;;/h1-15,21,23H,16-17H2;1-5,9,12H,6-7H2;1H3;1H4;1H. The van der Waals surface area contributed by atoms with Crippen LogP contribution in [0.1, 0.15) is 24.6 Å². The van der Waals surface area contributed by atoms with Gasteiger partial charge in [-0.25, -0.2) is 0 Å². The van der Waals surface area contributed by atoms with E-state index in [1.54, 1.807) is 12.5 Å². The number of nitrogens with zero attached hydrogens (tertiary/aromatic N) is 1. The Morgan fingerprint density at radius 1 is 0.644 bits per heavy atom. The van der Waals surface area contributed by atoms with Gasteiger partial charge >= 0.3 is 0 Å². The summed E-state index contributed by atoms with van der Waals surface area (Å²) < 4.78 is 23.0. The van der Waals surface area contributed by atoms with Gasteiger partial charge in [0.05, 0.1) is 18.6 Å². The molecule has 6 aromatic rings. The van der Waals surface area contributed by atoms with Crippen LogP contribution in [0.15, 0.2) is 131 Å². The summed E-state index contributed by atoms with van der Waals surface area (Å²) in [6.45, 7) is 3.64. The average molecular weight is 648 g/mol. The van der Waals surface area contributed by atoms with Crippen molar-refractivity contribution in [2.45, 2.75) is 25.7 Å². The minimum Gasteiger partial charge on any atom is -0.484 e. The number of fused-ring (bicyclic) bond motifs is 2. The SMILES string of the molecule is C.CCl.Cl.c1cc(OC2CNC2)c2occc2c1.c1ccc(C(c2ccccc2)N2CC(Oc3cccc4ccoc34)C2)cc1. The molecule has 0 spiro atoms. The number of rotatable bonds is 7. The van der Waals surface area contributed by atoms with E-state index in [0.717, 1.165) is 59.6 Å². The largest absolute Gasteiger partial charge is 0.484 e. The predicted molar refractivity (Wildman–Crippen MR) is 186 cm³/mol. The third-order valence-electron chi connectivity index (χ3n) is 7.69. The minimum atomic E-state index is 0. The highest BCUT2D eigenvalue weighted by atomic mass is 35.5. The van der Waals surface area contributed by atoms with Gasteiger partial charge in [0.25, 0.3) is 0 Å². The third kappa shape index (κ3) is 7.84. The fourth-order valence-corrected chi connectivity index (χ4v) is 5.46. The molecule has 2 aliphatic heterocycles. The van der Waals surface area contributed by atoms with E-state index in [4.69, 9.17) is 18.3 Å². The molecule has 4 aromatic carbocycles. The molecule has 2 aromatic heterocycles. The van der Waals surface area contributed by atoms with Gasteiger partial charge < -0.3 is 23.6 Å². The van der Waals surface area contributed by atoms with Crippen LogP contribution in [0.2, 0.25) is 0 Å². The van der Waals surface area contributed by atoms with Crippen molar-refractivity contribution in [3.05, 3.63) is 133 Å². The van der Waals surface area contributed by atoms with Crippen molar-refractivity contribution in [3.63, 3.8) is 0 Å². The van der Waals surface area contributed by atoms with Gasteiger partial charge in [-0.1, -0.05) is 92.4 Å². The van der Waals surface area contributed by atoms with Gasteiger partial charge in [-0.05, 0) is 35.4 Å². The molecule has 2 fully saturated rings. The molecule has 45 heavy (non-hydrogen) atoms. The molecule has 0 radical (unpaired) electrons. The molecule has 8 heteroatoms. The summed E-state index contributed by atoms with van der Waals surface area (Å²) in [5.41, 5.74) is 4.31. The van der Waals surface area contributed by atoms with Crippen molar-refractivity contribution in [1.82, 2.24) is 10.2 Å². The first kappa shape index (κ1) is 33.9. The van der Waals surface area contributed by atoms with Gasteiger partial charge in [0.2, 0.25) is 0 Å². The maximum absolute atomic E-state index is 6.24. The third-order valence-corrected chi connectivity index (χ3v) is 7.69. The van der Waals surface area contributed by atoms with E-state index in [1.165, 1.54) is 17.5 Å². The molecular weight excluding hydrogens is 607 g/mol. The van der Waals surface area contributed by atoms with Crippen LogP contribution >= 0.6 is 24.0 Å². The zero-order valence-corrected chi connectivity index (χ0v) is 26.0. The van der Waals surface area contributed by atoms with E-state index in [9.17, 15) is 0 Å². The van der Waals surface area contributed by atoms with Crippen LogP contribution < -0.4 is 14.8 Å². The lowest BCUT2D eigenvalue weighted by Crippen LogP contribution is -2.55. The van der Waals surface area contributed by atoms with E-state index in [1.807, 2.05) is 48.5 Å². The van der Waals surface area contributed by atoms with Crippen LogP contribution in [-0.2, 0) is 0 Å². The molecule has 0 aliphatic carbocycles. The van der Waals surface area contributed by atoms with Gasteiger partial charge in [-0.3, -0.25) is 4.90 Å². The highest BCUT2D eigenvalue weighted by Crippen LogP contribution is 2.35. The number of likely N-dealkylation sites (tertiary alicyclic amines) is 1. The maximum Gasteiger partial charge on any atom is 0.175 e. The number of alkyl halides is 1. The Morgan fingerprint density at radius 2 is 1.11 bits per heavy atom. The summed E-state index contributed by atoms with van der Waals surface area (Å²) >= 11 is 4.64. The minimum absolute atomic E-state index is 0. The first-order valence-electron chi connectivity index (χ1n) is 14.5. The van der Waals surface area contributed by atoms with Crippen molar-refractivity contribution in [1.29, 1.82) is 0 Å². The van der Waals surface area contributed by atoms with Crippen LogP contribution in [0.3, 0.4) is 0 Å². The smallest absolute Gasteiger partial charge is 0.175 e. The summed E-state index contributed by atoms with van der Waals surface area (Å²) in [5.74, 6) is 1.68. The van der Waals surface area contributed by atoms with E-state index in [0.29, 0.717) is 6.10 Å². The summed E-state index contributed by atoms with van der Waals surface area (Å²) in [5, 5.41) is 5.34. The molecule has 8 rings (SSSR count). The second-order valence-corrected chi connectivity index (χ2v) is 10.5. The molecule has 0 atom stereocenters. The topological polar surface area (TPSA) is 60.0 Å². The summed E-state index contributed by atoms with van der Waals surface area (Å²) in [4.78, 5) is 2.47. The molecule has 0 unspecified atom stereocenters. The first-order valence-corrected chi connectivity index (χ1v) is 15.3. The van der Waals surface area contributed by atoms with E-state index >= 15 is 0 Å². The number of para-hydroxylation sites is 2. The van der Waals surface area contributed by atoms with Crippen molar-refractivity contribution >= 4 is 45.9 Å². The van der Waals surface area contributed by atoms with Crippen molar-refractivity contribution in [3.8, 4) is 11.5 Å². The maximum atomic E-state index is 6.24. The Balaban J connectivity index is 0.000000217. The van der Waals surface area contributed by atoms with Gasteiger partial charge in [0.15, 0.2) is 22.7 Å². The van der Waals surface area contributed by atoms with Gasteiger partial charge in [-0.15, -0.1) is 24.0 Å². The Hall–Kier alpha value is -3.94. The molecule has 0 bridgehead atoms. The van der Waals surface area contributed by atoms with Crippen LogP contribution in [0.4, 0.5) is 0 Å². The summed E-state index contributed by atoms with van der Waals surface area (Å²) in [7, 11) is 0. The lowest BCUT2D eigenvalue weighted by atomic mass is 9.94. The molecule has 2 aliphatic rings. The fraction of sp³-hybridized carbons (Fsp3) is 0.243. The molecule has 236 valence electrons. The molecule has 4 heterocycles. The van der Waals surface area contributed by atoms with Crippen molar-refractivity contribution < 1.29 is 18.3 Å². The molecule has 0 amide bonds. The second kappa shape index (κ2) is 16.4. The predicted octanol–water partition coefficient (Wildman–Crippen LogP) is 8.98. The number of hydrogen-bond acceptors (Lipinski definition) is 6. The number of furan rings is 2. The van der Waals surface area contributed by atoms with E-state index < -0.39 is 0 Å². The quantitative estimate of drug-likeness (QED) is 0.175. The van der Waals surface area contributed by atoms with Crippen molar-refractivity contribution in [2.24, 2.45) is 0 Å². The number of hydrogen-bond donors (Lipinski definition) is 1. The number of nitrogens with one attached hydrogen (secondary N) is 1. The van der Waals surface area contributed by atoms with E-state index in [-0.39, 0.29) is 32.0 Å². The van der Waals surface area contributed by atoms with Crippen LogP contribution in [-0.4, -0.2) is 49.7 Å². The average Bonchev–Trinajstić information content (AvgIpc) is 3.71. The molecule has 1 N–H and O–H groups in total. The number of benzene rings is 4. The van der Waals surface area contributed by atoms with Gasteiger partial charge in [0.1, 0.15) is 12.2 Å². The second-order valence-electron chi connectivity index (χ2n) is 10.5. The van der Waals surface area contributed by atoms with Crippen molar-refractivity contribution in [2.75, 3.05) is 32.6 Å². The molecule has 6 nitrogen and oxygen atoms in total. The Bertz CT molecular complexity index is 1670. The van der Waals surface area contributed by atoms with Crippen LogP contribution in [0, 0.1) is 0 Å². The molecule has 2 saturated heterocycles. The number of halogens is 2. The Labute approximate surface area is 276 Å². The van der Waals surface area contributed by atoms with Crippen LogP contribution in [0.5, 0.6) is 11.5 Å². The normalized spacial score (nSPS) is 14.5. The van der Waals surface area contributed by atoms with Gasteiger partial charge in [-0.2, -0.15) is 0 Å². The summed E-state index contributed by atoms with van der Waals surface area (Å²) in [6.07, 6.45) is 5.35. The highest BCUT2D eigenvalue weighted by molar-refractivity contribution is 6.15. The lowest BCUT2D eigenvalue weighted by molar-refractivity contribution is 0.000628. The highest BCUT2D eigenvalue weighted by Gasteiger charge is 2.35. The monoisotopic (exact) mass is 646 g/mol. The van der Waals surface area contributed by atoms with Crippen LogP contribution in [0.25, 0.3) is 21.9 Å². The molecular formula is C37H40Cl2N2O4. The lowest BCUT2D eigenvalue weighted by Gasteiger charge is -2.44. The summed E-state index contributed by atoms with van der Waals surface area (Å²) in [6, 6.07) is 37.5. The Kier molecular flexibility index (Phi) is 12.4. The first-order chi connectivity index (χ1) is 21.3.